The van der Waals surface area contributed by atoms with Gasteiger partial charge in [0.05, 0.1) is 0 Å². The number of amides is 1. The first-order valence-electron chi connectivity index (χ1n) is 6.95. The minimum absolute atomic E-state index is 0.100. The summed E-state index contributed by atoms with van der Waals surface area (Å²) in [7, 11) is 0. The predicted molar refractivity (Wildman–Crippen MR) is 86.5 cm³/mol. The van der Waals surface area contributed by atoms with Gasteiger partial charge in [0, 0.05) is 42.4 Å². The first kappa shape index (κ1) is 14.1. The summed E-state index contributed by atoms with van der Waals surface area (Å²) in [5.74, 6) is 1.08. The van der Waals surface area contributed by atoms with E-state index in [4.69, 9.17) is 0 Å². The average molecular weight is 346 g/mol. The van der Waals surface area contributed by atoms with Crippen LogP contribution in [-0.2, 0) is 0 Å². The second-order valence-electron chi connectivity index (χ2n) is 4.97. The van der Waals surface area contributed by atoms with E-state index in [-0.39, 0.29) is 5.91 Å². The molecule has 1 fully saturated rings. The van der Waals surface area contributed by atoms with Gasteiger partial charge in [-0.05, 0) is 36.4 Å². The van der Waals surface area contributed by atoms with Gasteiger partial charge >= 0.3 is 0 Å². The monoisotopic (exact) mass is 345 g/mol. The first-order chi connectivity index (χ1) is 10.2. The molecule has 21 heavy (non-hydrogen) atoms. The van der Waals surface area contributed by atoms with Crippen LogP contribution in [0.15, 0.2) is 53.1 Å². The van der Waals surface area contributed by atoms with Crippen LogP contribution in [0.1, 0.15) is 10.4 Å². The van der Waals surface area contributed by atoms with Crippen molar-refractivity contribution in [3.05, 3.63) is 58.7 Å². The summed E-state index contributed by atoms with van der Waals surface area (Å²) < 4.78 is 0.985. The van der Waals surface area contributed by atoms with Crippen LogP contribution < -0.4 is 4.90 Å². The van der Waals surface area contributed by atoms with Crippen LogP contribution in [0.25, 0.3) is 0 Å². The molecule has 2 aromatic rings. The highest BCUT2D eigenvalue weighted by molar-refractivity contribution is 9.10. The van der Waals surface area contributed by atoms with E-state index in [1.165, 1.54) is 0 Å². The Kier molecular flexibility index (Phi) is 4.20. The number of aromatic nitrogens is 1. The highest BCUT2D eigenvalue weighted by Crippen LogP contribution is 2.16. The fourth-order valence-corrected chi connectivity index (χ4v) is 2.72. The van der Waals surface area contributed by atoms with Crippen molar-refractivity contribution in [3.63, 3.8) is 0 Å². The number of piperazine rings is 1. The zero-order valence-corrected chi connectivity index (χ0v) is 13.2. The SMILES string of the molecule is O=C(c1ccc(Br)cc1)N1CCN(c2ccccn2)CC1. The van der Waals surface area contributed by atoms with Gasteiger partial charge in [0.1, 0.15) is 5.82 Å². The molecule has 1 aliphatic heterocycles. The van der Waals surface area contributed by atoms with Gasteiger partial charge in [0.15, 0.2) is 0 Å². The molecule has 1 aliphatic rings. The third-order valence-electron chi connectivity index (χ3n) is 3.63. The van der Waals surface area contributed by atoms with Gasteiger partial charge in [-0.3, -0.25) is 4.79 Å². The fraction of sp³-hybridized carbons (Fsp3) is 0.250. The van der Waals surface area contributed by atoms with Crippen molar-refractivity contribution in [2.24, 2.45) is 0 Å². The minimum Gasteiger partial charge on any atom is -0.353 e. The lowest BCUT2D eigenvalue weighted by Crippen LogP contribution is -2.49. The molecule has 0 bridgehead atoms. The van der Waals surface area contributed by atoms with Crippen molar-refractivity contribution < 1.29 is 4.79 Å². The quantitative estimate of drug-likeness (QED) is 0.839. The Bertz CT molecular complexity index is 607. The van der Waals surface area contributed by atoms with E-state index in [9.17, 15) is 4.79 Å². The third-order valence-corrected chi connectivity index (χ3v) is 4.16. The number of carbonyl (C=O) groups is 1. The largest absolute Gasteiger partial charge is 0.353 e. The Balaban J connectivity index is 1.63. The lowest BCUT2D eigenvalue weighted by Gasteiger charge is -2.35. The number of halogens is 1. The normalized spacial score (nSPS) is 15.1. The number of carbonyl (C=O) groups excluding carboxylic acids is 1. The maximum Gasteiger partial charge on any atom is 0.253 e. The number of rotatable bonds is 2. The Hall–Kier alpha value is -1.88. The molecule has 1 aromatic carbocycles. The van der Waals surface area contributed by atoms with Crippen LogP contribution in [0.5, 0.6) is 0 Å². The van der Waals surface area contributed by atoms with E-state index in [2.05, 4.69) is 25.8 Å². The van der Waals surface area contributed by atoms with E-state index >= 15 is 0 Å². The van der Waals surface area contributed by atoms with Crippen molar-refractivity contribution in [2.75, 3.05) is 31.1 Å². The van der Waals surface area contributed by atoms with Crippen LogP contribution in [0.4, 0.5) is 5.82 Å². The fourth-order valence-electron chi connectivity index (χ4n) is 2.45. The second-order valence-corrected chi connectivity index (χ2v) is 5.89. The van der Waals surface area contributed by atoms with Crippen molar-refractivity contribution in [1.82, 2.24) is 9.88 Å². The Morgan fingerprint density at radius 3 is 2.33 bits per heavy atom. The Morgan fingerprint density at radius 1 is 1.00 bits per heavy atom. The summed E-state index contributed by atoms with van der Waals surface area (Å²) in [5.41, 5.74) is 0.740. The maximum atomic E-state index is 12.4. The second kappa shape index (κ2) is 6.26. The molecule has 1 amide bonds. The number of anilines is 1. The molecule has 1 aromatic heterocycles. The highest BCUT2D eigenvalue weighted by atomic mass is 79.9. The molecule has 0 unspecified atom stereocenters. The maximum absolute atomic E-state index is 12.4. The van der Waals surface area contributed by atoms with Gasteiger partial charge in [-0.15, -0.1) is 0 Å². The van der Waals surface area contributed by atoms with Gasteiger partial charge in [-0.25, -0.2) is 4.98 Å². The van der Waals surface area contributed by atoms with Crippen molar-refractivity contribution in [1.29, 1.82) is 0 Å². The number of nitrogens with zero attached hydrogens (tertiary/aromatic N) is 3. The van der Waals surface area contributed by atoms with E-state index in [0.29, 0.717) is 0 Å². The average Bonchev–Trinajstić information content (AvgIpc) is 2.56. The summed E-state index contributed by atoms with van der Waals surface area (Å²) in [5, 5.41) is 0. The smallest absolute Gasteiger partial charge is 0.253 e. The number of hydrogen-bond acceptors (Lipinski definition) is 3. The molecule has 0 spiro atoms. The van der Waals surface area contributed by atoms with E-state index in [1.54, 1.807) is 6.20 Å². The van der Waals surface area contributed by atoms with Gasteiger partial charge in [0.25, 0.3) is 5.91 Å². The van der Waals surface area contributed by atoms with Crippen molar-refractivity contribution >= 4 is 27.7 Å². The molecule has 0 N–H and O–H groups in total. The van der Waals surface area contributed by atoms with Gasteiger partial charge < -0.3 is 9.80 Å². The zero-order chi connectivity index (χ0) is 14.7. The molecule has 2 heterocycles. The molecule has 0 radical (unpaired) electrons. The number of pyridine rings is 1. The van der Waals surface area contributed by atoms with Gasteiger partial charge in [0.2, 0.25) is 0 Å². The van der Waals surface area contributed by atoms with Crippen LogP contribution in [0, 0.1) is 0 Å². The molecular weight excluding hydrogens is 330 g/mol. The van der Waals surface area contributed by atoms with Crippen LogP contribution in [0.2, 0.25) is 0 Å². The third kappa shape index (κ3) is 3.24. The predicted octanol–water partition coefficient (Wildman–Crippen LogP) is 2.81. The van der Waals surface area contributed by atoms with Crippen molar-refractivity contribution in [3.8, 4) is 0 Å². The van der Waals surface area contributed by atoms with E-state index in [0.717, 1.165) is 42.0 Å². The topological polar surface area (TPSA) is 36.4 Å². The summed E-state index contributed by atoms with van der Waals surface area (Å²) in [4.78, 5) is 20.9. The molecule has 1 saturated heterocycles. The first-order valence-corrected chi connectivity index (χ1v) is 7.74. The van der Waals surface area contributed by atoms with Gasteiger partial charge in [-0.1, -0.05) is 22.0 Å². The number of benzene rings is 1. The molecule has 5 heteroatoms. The zero-order valence-electron chi connectivity index (χ0n) is 11.6. The molecular formula is C16H16BrN3O. The molecule has 0 aliphatic carbocycles. The molecule has 4 nitrogen and oxygen atoms in total. The molecule has 3 rings (SSSR count). The standard InChI is InChI=1S/C16H16BrN3O/c17-14-6-4-13(5-7-14)16(21)20-11-9-19(10-12-20)15-3-1-2-8-18-15/h1-8H,9-12H2. The molecule has 108 valence electrons. The minimum atomic E-state index is 0.100. The van der Waals surface area contributed by atoms with E-state index < -0.39 is 0 Å². The lowest BCUT2D eigenvalue weighted by molar-refractivity contribution is 0.0746. The van der Waals surface area contributed by atoms with Crippen LogP contribution >= 0.6 is 15.9 Å². The molecule has 0 saturated carbocycles. The molecule has 0 atom stereocenters. The highest BCUT2D eigenvalue weighted by Gasteiger charge is 2.22. The Labute approximate surface area is 132 Å². The van der Waals surface area contributed by atoms with Crippen LogP contribution in [-0.4, -0.2) is 42.0 Å². The van der Waals surface area contributed by atoms with E-state index in [1.807, 2.05) is 47.4 Å². The number of hydrogen-bond donors (Lipinski definition) is 0. The summed E-state index contributed by atoms with van der Waals surface area (Å²) >= 11 is 3.39. The Morgan fingerprint density at radius 2 is 1.71 bits per heavy atom. The van der Waals surface area contributed by atoms with Gasteiger partial charge in [-0.2, -0.15) is 0 Å². The lowest BCUT2D eigenvalue weighted by atomic mass is 10.2. The van der Waals surface area contributed by atoms with Crippen LogP contribution in [0.3, 0.4) is 0 Å². The summed E-state index contributed by atoms with van der Waals surface area (Å²) in [6, 6.07) is 13.4. The summed E-state index contributed by atoms with van der Waals surface area (Å²) in [6.45, 7) is 3.09. The summed E-state index contributed by atoms with van der Waals surface area (Å²) in [6.07, 6.45) is 1.80. The van der Waals surface area contributed by atoms with Crippen molar-refractivity contribution in [2.45, 2.75) is 0 Å².